The van der Waals surface area contributed by atoms with Gasteiger partial charge < -0.3 is 5.32 Å². The van der Waals surface area contributed by atoms with Crippen LogP contribution < -0.4 is 5.32 Å². The second kappa shape index (κ2) is 6.01. The maximum absolute atomic E-state index is 12.8. The molecular formula is C19H17ClN2O. The minimum atomic E-state index is -0.163. The molecule has 0 spiro atoms. The number of carbonyl (C=O) groups is 1. The number of nitrogens with zero attached hydrogens (tertiary/aromatic N) is 1. The van der Waals surface area contributed by atoms with Gasteiger partial charge in [0.15, 0.2) is 0 Å². The average molecular weight is 325 g/mol. The summed E-state index contributed by atoms with van der Waals surface area (Å²) < 4.78 is 0. The molecule has 0 aliphatic carbocycles. The van der Waals surface area contributed by atoms with Crippen LogP contribution in [0.1, 0.15) is 27.2 Å². The van der Waals surface area contributed by atoms with Gasteiger partial charge in [-0.15, -0.1) is 0 Å². The van der Waals surface area contributed by atoms with Crippen molar-refractivity contribution in [3.63, 3.8) is 0 Å². The Morgan fingerprint density at radius 3 is 2.61 bits per heavy atom. The monoisotopic (exact) mass is 324 g/mol. The van der Waals surface area contributed by atoms with Gasteiger partial charge >= 0.3 is 0 Å². The molecule has 1 aromatic heterocycles. The molecule has 0 radical (unpaired) electrons. The van der Waals surface area contributed by atoms with E-state index in [1.165, 1.54) is 0 Å². The number of carbonyl (C=O) groups excluding carboxylic acids is 1. The van der Waals surface area contributed by atoms with Gasteiger partial charge in [0.25, 0.3) is 5.91 Å². The van der Waals surface area contributed by atoms with Crippen LogP contribution in [0.5, 0.6) is 0 Å². The topological polar surface area (TPSA) is 42.0 Å². The van der Waals surface area contributed by atoms with E-state index in [1.54, 1.807) is 12.1 Å². The van der Waals surface area contributed by atoms with Gasteiger partial charge in [0, 0.05) is 16.1 Å². The summed E-state index contributed by atoms with van der Waals surface area (Å²) in [7, 11) is 0. The molecule has 3 nitrogen and oxygen atoms in total. The molecule has 0 saturated heterocycles. The highest BCUT2D eigenvalue weighted by Crippen LogP contribution is 2.25. The number of benzene rings is 2. The third-order valence-corrected chi connectivity index (χ3v) is 4.24. The summed E-state index contributed by atoms with van der Waals surface area (Å²) in [5.41, 5.74) is 4.85. The number of hydrogen-bond acceptors (Lipinski definition) is 2. The standard InChI is InChI=1S/C19H17ClN2O/c1-11-8-9-14(20)10-17(11)22-19(23)18-12(2)15-6-4-5-7-16(15)21-13(18)3/h4-10H,1-3H3,(H,22,23). The van der Waals surface area contributed by atoms with Crippen LogP contribution >= 0.6 is 11.6 Å². The van der Waals surface area contributed by atoms with Gasteiger partial charge in [0.2, 0.25) is 0 Å². The first-order valence-electron chi connectivity index (χ1n) is 7.41. The van der Waals surface area contributed by atoms with Crippen LogP contribution in [0.25, 0.3) is 10.9 Å². The number of pyridine rings is 1. The van der Waals surface area contributed by atoms with Crippen molar-refractivity contribution in [2.24, 2.45) is 0 Å². The third-order valence-electron chi connectivity index (χ3n) is 4.01. The smallest absolute Gasteiger partial charge is 0.257 e. The fourth-order valence-electron chi connectivity index (χ4n) is 2.78. The second-order valence-corrected chi connectivity index (χ2v) is 6.06. The van der Waals surface area contributed by atoms with E-state index in [1.807, 2.05) is 51.1 Å². The quantitative estimate of drug-likeness (QED) is 0.715. The minimum Gasteiger partial charge on any atom is -0.322 e. The first-order valence-corrected chi connectivity index (χ1v) is 7.78. The Morgan fingerprint density at radius 2 is 1.83 bits per heavy atom. The third kappa shape index (κ3) is 2.92. The number of hydrogen-bond donors (Lipinski definition) is 1. The van der Waals surface area contributed by atoms with E-state index < -0.39 is 0 Å². The zero-order valence-corrected chi connectivity index (χ0v) is 14.0. The van der Waals surface area contributed by atoms with E-state index >= 15 is 0 Å². The SMILES string of the molecule is Cc1ccc(Cl)cc1NC(=O)c1c(C)nc2ccccc2c1C. The van der Waals surface area contributed by atoms with Crippen LogP contribution in [0.4, 0.5) is 5.69 Å². The van der Waals surface area contributed by atoms with Gasteiger partial charge in [-0.05, 0) is 50.1 Å². The Kier molecular flexibility index (Phi) is 4.05. The van der Waals surface area contributed by atoms with Crippen molar-refractivity contribution in [2.75, 3.05) is 5.32 Å². The molecule has 23 heavy (non-hydrogen) atoms. The van der Waals surface area contributed by atoms with Crippen molar-refractivity contribution < 1.29 is 4.79 Å². The predicted molar refractivity (Wildman–Crippen MR) is 95.4 cm³/mol. The van der Waals surface area contributed by atoms with Crippen LogP contribution in [0, 0.1) is 20.8 Å². The first-order chi connectivity index (χ1) is 11.0. The molecule has 2 aromatic carbocycles. The van der Waals surface area contributed by atoms with Crippen molar-refractivity contribution in [3.05, 3.63) is 69.9 Å². The number of anilines is 1. The number of halogens is 1. The molecule has 1 N–H and O–H groups in total. The first kappa shape index (κ1) is 15.5. The van der Waals surface area contributed by atoms with Gasteiger partial charge in [-0.2, -0.15) is 0 Å². The molecule has 0 saturated carbocycles. The van der Waals surface area contributed by atoms with Crippen molar-refractivity contribution in [1.29, 1.82) is 0 Å². The number of rotatable bonds is 2. The van der Waals surface area contributed by atoms with Gasteiger partial charge in [-0.1, -0.05) is 35.9 Å². The van der Waals surface area contributed by atoms with Crippen molar-refractivity contribution in [1.82, 2.24) is 4.98 Å². The van der Waals surface area contributed by atoms with Gasteiger partial charge in [0.05, 0.1) is 16.8 Å². The molecule has 1 heterocycles. The number of amides is 1. The maximum atomic E-state index is 12.8. The van der Waals surface area contributed by atoms with Crippen molar-refractivity contribution >= 4 is 34.1 Å². The van der Waals surface area contributed by atoms with Crippen LogP contribution in [-0.4, -0.2) is 10.9 Å². The largest absolute Gasteiger partial charge is 0.322 e. The highest BCUT2D eigenvalue weighted by molar-refractivity contribution is 6.31. The maximum Gasteiger partial charge on any atom is 0.257 e. The zero-order valence-electron chi connectivity index (χ0n) is 13.3. The Balaban J connectivity index is 2.06. The molecule has 0 aliphatic heterocycles. The lowest BCUT2D eigenvalue weighted by Gasteiger charge is -2.14. The van der Waals surface area contributed by atoms with Crippen molar-refractivity contribution in [3.8, 4) is 0 Å². The van der Waals surface area contributed by atoms with Crippen LogP contribution in [0.2, 0.25) is 5.02 Å². The van der Waals surface area contributed by atoms with E-state index in [2.05, 4.69) is 10.3 Å². The number of para-hydroxylation sites is 1. The van der Waals surface area contributed by atoms with Crippen LogP contribution in [0.3, 0.4) is 0 Å². The minimum absolute atomic E-state index is 0.163. The van der Waals surface area contributed by atoms with Gasteiger partial charge in [0.1, 0.15) is 0 Å². The van der Waals surface area contributed by atoms with Crippen molar-refractivity contribution in [2.45, 2.75) is 20.8 Å². The van der Waals surface area contributed by atoms with E-state index in [-0.39, 0.29) is 5.91 Å². The summed E-state index contributed by atoms with van der Waals surface area (Å²) in [5, 5.41) is 4.54. The summed E-state index contributed by atoms with van der Waals surface area (Å²) >= 11 is 6.02. The Morgan fingerprint density at radius 1 is 1.09 bits per heavy atom. The summed E-state index contributed by atoms with van der Waals surface area (Å²) in [5.74, 6) is -0.163. The Labute approximate surface area is 140 Å². The van der Waals surface area contributed by atoms with Gasteiger partial charge in [-0.25, -0.2) is 0 Å². The lowest BCUT2D eigenvalue weighted by molar-refractivity contribution is 0.102. The fourth-order valence-corrected chi connectivity index (χ4v) is 2.95. The molecule has 0 bridgehead atoms. The molecule has 3 aromatic rings. The summed E-state index contributed by atoms with van der Waals surface area (Å²) in [4.78, 5) is 17.3. The normalized spacial score (nSPS) is 10.8. The summed E-state index contributed by atoms with van der Waals surface area (Å²) in [6.45, 7) is 5.75. The molecule has 3 rings (SSSR count). The second-order valence-electron chi connectivity index (χ2n) is 5.63. The molecular weight excluding hydrogens is 308 g/mol. The number of aromatic nitrogens is 1. The highest BCUT2D eigenvalue weighted by atomic mass is 35.5. The van der Waals surface area contributed by atoms with E-state index in [9.17, 15) is 4.79 Å². The highest BCUT2D eigenvalue weighted by Gasteiger charge is 2.17. The van der Waals surface area contributed by atoms with E-state index in [0.717, 1.165) is 33.4 Å². The number of aryl methyl sites for hydroxylation is 3. The molecule has 1 amide bonds. The lowest BCUT2D eigenvalue weighted by atomic mass is 10.0. The van der Waals surface area contributed by atoms with E-state index in [0.29, 0.717) is 10.6 Å². The number of fused-ring (bicyclic) bond motifs is 1. The molecule has 0 unspecified atom stereocenters. The average Bonchev–Trinajstić information content (AvgIpc) is 2.51. The van der Waals surface area contributed by atoms with E-state index in [4.69, 9.17) is 11.6 Å². The molecule has 116 valence electrons. The van der Waals surface area contributed by atoms with Gasteiger partial charge in [-0.3, -0.25) is 9.78 Å². The number of nitrogens with one attached hydrogen (secondary N) is 1. The Bertz CT molecular complexity index is 919. The fraction of sp³-hybridized carbons (Fsp3) is 0.158. The molecule has 4 heteroatoms. The molecule has 0 aliphatic rings. The van der Waals surface area contributed by atoms with Crippen LogP contribution in [0.15, 0.2) is 42.5 Å². The zero-order chi connectivity index (χ0) is 16.6. The summed E-state index contributed by atoms with van der Waals surface area (Å²) in [6.07, 6.45) is 0. The predicted octanol–water partition coefficient (Wildman–Crippen LogP) is 5.07. The Hall–Kier alpha value is -2.39. The molecule has 0 atom stereocenters. The molecule has 0 fully saturated rings. The summed E-state index contributed by atoms with van der Waals surface area (Å²) in [6, 6.07) is 13.3. The van der Waals surface area contributed by atoms with Crippen LogP contribution in [-0.2, 0) is 0 Å². The lowest BCUT2D eigenvalue weighted by Crippen LogP contribution is -2.16.